The van der Waals surface area contributed by atoms with Crippen molar-refractivity contribution in [2.75, 3.05) is 18.8 Å². The third-order valence-corrected chi connectivity index (χ3v) is 9.35. The number of amides is 1. The molecule has 1 saturated heterocycles. The molecule has 0 unspecified atom stereocenters. The molecule has 3 rings (SSSR count). The second-order valence-corrected chi connectivity index (χ2v) is 11.3. The standard InChI is InChI=1S/C19H29NO3S2/c1-15(2)14-25(22,23)16-7-11-20(12-8-16)18(21)19(9-3-4-10-19)17-6-5-13-24-17/h5-6,13,15-16H,3-4,7-12,14H2,1-2H3. The van der Waals surface area contributed by atoms with Gasteiger partial charge in [0, 0.05) is 18.0 Å². The topological polar surface area (TPSA) is 54.5 Å². The Balaban J connectivity index is 1.69. The van der Waals surface area contributed by atoms with E-state index in [0.717, 1.165) is 25.7 Å². The number of piperidine rings is 1. The summed E-state index contributed by atoms with van der Waals surface area (Å²) >= 11 is 1.68. The number of carbonyl (C=O) groups excluding carboxylic acids is 1. The molecule has 0 bridgehead atoms. The van der Waals surface area contributed by atoms with Crippen molar-refractivity contribution < 1.29 is 13.2 Å². The zero-order valence-corrected chi connectivity index (χ0v) is 16.9. The van der Waals surface area contributed by atoms with E-state index in [-0.39, 0.29) is 28.2 Å². The van der Waals surface area contributed by atoms with Crippen LogP contribution in [0.2, 0.25) is 0 Å². The number of hydrogen-bond acceptors (Lipinski definition) is 4. The molecule has 0 atom stereocenters. The first kappa shape index (κ1) is 18.9. The molecule has 0 spiro atoms. The largest absolute Gasteiger partial charge is 0.342 e. The van der Waals surface area contributed by atoms with E-state index in [9.17, 15) is 13.2 Å². The highest BCUT2D eigenvalue weighted by Crippen LogP contribution is 2.45. The molecular formula is C19H29NO3S2. The fraction of sp³-hybridized carbons (Fsp3) is 0.737. The van der Waals surface area contributed by atoms with Crippen molar-refractivity contribution in [3.05, 3.63) is 22.4 Å². The van der Waals surface area contributed by atoms with Crippen LogP contribution in [0.15, 0.2) is 17.5 Å². The lowest BCUT2D eigenvalue weighted by Crippen LogP contribution is -2.50. The zero-order chi connectivity index (χ0) is 18.1. The Bertz CT molecular complexity index is 680. The van der Waals surface area contributed by atoms with Crippen LogP contribution in [0.1, 0.15) is 57.2 Å². The summed E-state index contributed by atoms with van der Waals surface area (Å²) in [5.41, 5.74) is -0.349. The summed E-state index contributed by atoms with van der Waals surface area (Å²) in [6.45, 7) is 5.05. The zero-order valence-electron chi connectivity index (χ0n) is 15.2. The lowest BCUT2D eigenvalue weighted by atomic mass is 9.82. The molecule has 1 aliphatic heterocycles. The van der Waals surface area contributed by atoms with E-state index in [2.05, 4.69) is 6.07 Å². The van der Waals surface area contributed by atoms with Crippen LogP contribution in [0.25, 0.3) is 0 Å². The first-order valence-corrected chi connectivity index (χ1v) is 12.0. The molecule has 1 aromatic rings. The van der Waals surface area contributed by atoms with Crippen molar-refractivity contribution in [1.29, 1.82) is 0 Å². The lowest BCUT2D eigenvalue weighted by Gasteiger charge is -2.38. The molecule has 1 amide bonds. The highest BCUT2D eigenvalue weighted by molar-refractivity contribution is 7.92. The second-order valence-electron chi connectivity index (χ2n) is 7.98. The van der Waals surface area contributed by atoms with Crippen molar-refractivity contribution in [1.82, 2.24) is 4.90 Å². The Kier molecular flexibility index (Phi) is 5.59. The number of carbonyl (C=O) groups is 1. The van der Waals surface area contributed by atoms with Crippen LogP contribution in [0.5, 0.6) is 0 Å². The second kappa shape index (κ2) is 7.39. The average Bonchev–Trinajstić information content (AvgIpc) is 3.25. The third kappa shape index (κ3) is 3.80. The first-order chi connectivity index (χ1) is 11.8. The van der Waals surface area contributed by atoms with Crippen LogP contribution in [0, 0.1) is 5.92 Å². The van der Waals surface area contributed by atoms with E-state index in [1.807, 2.05) is 30.2 Å². The average molecular weight is 384 g/mol. The molecule has 0 N–H and O–H groups in total. The molecule has 0 aromatic carbocycles. The number of nitrogens with zero attached hydrogens (tertiary/aromatic N) is 1. The van der Waals surface area contributed by atoms with Gasteiger partial charge in [-0.25, -0.2) is 8.42 Å². The minimum absolute atomic E-state index is 0.158. The van der Waals surface area contributed by atoms with E-state index in [4.69, 9.17) is 0 Å². The lowest BCUT2D eigenvalue weighted by molar-refractivity contribution is -0.138. The molecule has 1 aliphatic carbocycles. The van der Waals surface area contributed by atoms with E-state index >= 15 is 0 Å². The molecule has 6 heteroatoms. The van der Waals surface area contributed by atoms with Gasteiger partial charge in [-0.2, -0.15) is 0 Å². The van der Waals surface area contributed by atoms with Crippen LogP contribution in [-0.2, 0) is 20.0 Å². The minimum Gasteiger partial charge on any atom is -0.342 e. The van der Waals surface area contributed by atoms with E-state index in [1.165, 1.54) is 4.88 Å². The SMILES string of the molecule is CC(C)CS(=O)(=O)C1CCN(C(=O)C2(c3cccs3)CCCC2)CC1. The summed E-state index contributed by atoms with van der Waals surface area (Å²) in [5.74, 6) is 0.641. The predicted molar refractivity (Wildman–Crippen MR) is 103 cm³/mol. The molecule has 2 heterocycles. The van der Waals surface area contributed by atoms with Gasteiger partial charge in [0.05, 0.1) is 16.4 Å². The maximum atomic E-state index is 13.3. The van der Waals surface area contributed by atoms with Crippen molar-refractivity contribution in [3.63, 3.8) is 0 Å². The molecule has 140 valence electrons. The summed E-state index contributed by atoms with van der Waals surface area (Å²) in [6.07, 6.45) is 5.23. The van der Waals surface area contributed by atoms with Gasteiger partial charge in [0.2, 0.25) is 5.91 Å². The monoisotopic (exact) mass is 383 g/mol. The molecule has 1 aromatic heterocycles. The van der Waals surface area contributed by atoms with Crippen molar-refractivity contribution in [2.45, 2.75) is 63.0 Å². The molecule has 2 fully saturated rings. The van der Waals surface area contributed by atoms with Crippen LogP contribution in [0.3, 0.4) is 0 Å². The Morgan fingerprint density at radius 2 is 1.92 bits per heavy atom. The van der Waals surface area contributed by atoms with Crippen molar-refractivity contribution in [2.24, 2.45) is 5.92 Å². The fourth-order valence-corrected chi connectivity index (χ4v) is 7.52. The normalized spacial score (nSPS) is 21.8. The fourth-order valence-electron chi connectivity index (χ4n) is 4.42. The Morgan fingerprint density at radius 1 is 1.28 bits per heavy atom. The number of thiophene rings is 1. The number of sulfone groups is 1. The molecule has 0 radical (unpaired) electrons. The highest BCUT2D eigenvalue weighted by atomic mass is 32.2. The predicted octanol–water partition coefficient (Wildman–Crippen LogP) is 3.62. The molecule has 2 aliphatic rings. The Morgan fingerprint density at radius 3 is 2.44 bits per heavy atom. The van der Waals surface area contributed by atoms with E-state index < -0.39 is 9.84 Å². The van der Waals surface area contributed by atoms with Gasteiger partial charge in [-0.1, -0.05) is 32.8 Å². The van der Waals surface area contributed by atoms with Gasteiger partial charge in [0.25, 0.3) is 0 Å². The Labute approximate surface area is 155 Å². The maximum Gasteiger partial charge on any atom is 0.234 e. The number of rotatable bonds is 5. The highest BCUT2D eigenvalue weighted by Gasteiger charge is 2.46. The molecule has 25 heavy (non-hydrogen) atoms. The van der Waals surface area contributed by atoms with Crippen LogP contribution < -0.4 is 0 Å². The van der Waals surface area contributed by atoms with Crippen molar-refractivity contribution in [3.8, 4) is 0 Å². The van der Waals surface area contributed by atoms with Crippen LogP contribution >= 0.6 is 11.3 Å². The quantitative estimate of drug-likeness (QED) is 0.780. The van der Waals surface area contributed by atoms with Gasteiger partial charge in [-0.3, -0.25) is 4.79 Å². The van der Waals surface area contributed by atoms with E-state index in [0.29, 0.717) is 25.9 Å². The third-order valence-electron chi connectivity index (χ3n) is 5.66. The summed E-state index contributed by atoms with van der Waals surface area (Å²) in [6, 6.07) is 4.12. The molecule has 1 saturated carbocycles. The molecular weight excluding hydrogens is 354 g/mol. The van der Waals surface area contributed by atoms with Gasteiger partial charge in [-0.15, -0.1) is 11.3 Å². The van der Waals surface area contributed by atoms with Gasteiger partial charge in [0.1, 0.15) is 0 Å². The van der Waals surface area contributed by atoms with Crippen LogP contribution in [0.4, 0.5) is 0 Å². The number of likely N-dealkylation sites (tertiary alicyclic amines) is 1. The van der Waals surface area contributed by atoms with Gasteiger partial charge < -0.3 is 4.90 Å². The summed E-state index contributed by atoms with van der Waals surface area (Å²) in [4.78, 5) is 16.5. The minimum atomic E-state index is -3.05. The summed E-state index contributed by atoms with van der Waals surface area (Å²) < 4.78 is 25.0. The number of hydrogen-bond donors (Lipinski definition) is 0. The maximum absolute atomic E-state index is 13.3. The molecule has 4 nitrogen and oxygen atoms in total. The first-order valence-electron chi connectivity index (χ1n) is 9.40. The van der Waals surface area contributed by atoms with Gasteiger partial charge in [-0.05, 0) is 43.0 Å². The smallest absolute Gasteiger partial charge is 0.234 e. The van der Waals surface area contributed by atoms with Crippen molar-refractivity contribution >= 4 is 27.1 Å². The van der Waals surface area contributed by atoms with Gasteiger partial charge in [0.15, 0.2) is 9.84 Å². The van der Waals surface area contributed by atoms with Gasteiger partial charge >= 0.3 is 0 Å². The van der Waals surface area contributed by atoms with Crippen LogP contribution in [-0.4, -0.2) is 43.3 Å². The Hall–Kier alpha value is -0.880. The summed E-state index contributed by atoms with van der Waals surface area (Å²) in [5, 5.41) is 1.77. The van der Waals surface area contributed by atoms with E-state index in [1.54, 1.807) is 11.3 Å². The summed E-state index contributed by atoms with van der Waals surface area (Å²) in [7, 11) is -3.05.